The van der Waals surface area contributed by atoms with Gasteiger partial charge in [0.05, 0.1) is 12.3 Å². The van der Waals surface area contributed by atoms with Gasteiger partial charge in [-0.25, -0.2) is 4.98 Å². The zero-order chi connectivity index (χ0) is 14.7. The van der Waals surface area contributed by atoms with Gasteiger partial charge >= 0.3 is 0 Å². The molecule has 0 atom stereocenters. The Kier molecular flexibility index (Phi) is 4.10. The molecule has 0 aliphatic carbocycles. The molecule has 6 nitrogen and oxygen atoms in total. The molecule has 1 aliphatic rings. The maximum Gasteiger partial charge on any atom is 0.239 e. The van der Waals surface area contributed by atoms with Crippen molar-refractivity contribution in [2.45, 2.75) is 6.92 Å². The number of piperazine rings is 1. The second kappa shape index (κ2) is 6.17. The van der Waals surface area contributed by atoms with Crippen LogP contribution in [-0.4, -0.2) is 42.8 Å². The third-order valence-electron chi connectivity index (χ3n) is 3.45. The average Bonchev–Trinajstić information content (AvgIpc) is 3.04. The Morgan fingerprint density at radius 1 is 1.24 bits per heavy atom. The summed E-state index contributed by atoms with van der Waals surface area (Å²) in [5.74, 6) is 1.45. The van der Waals surface area contributed by atoms with Gasteiger partial charge in [-0.05, 0) is 19.1 Å². The van der Waals surface area contributed by atoms with E-state index in [0.29, 0.717) is 18.2 Å². The van der Waals surface area contributed by atoms with Crippen LogP contribution in [-0.2, 0) is 0 Å². The minimum Gasteiger partial charge on any atom is -0.476 e. The Labute approximate surface area is 128 Å². The van der Waals surface area contributed by atoms with Gasteiger partial charge in [0, 0.05) is 37.8 Å². The number of hydrogen-bond acceptors (Lipinski definition) is 7. The molecule has 1 aliphatic heterocycles. The second-order valence-corrected chi connectivity index (χ2v) is 5.66. The van der Waals surface area contributed by atoms with E-state index in [-0.39, 0.29) is 0 Å². The van der Waals surface area contributed by atoms with Crippen LogP contribution in [0.5, 0.6) is 5.88 Å². The van der Waals surface area contributed by atoms with E-state index in [1.807, 2.05) is 30.6 Å². The monoisotopic (exact) mass is 305 g/mol. The fraction of sp³-hybridized carbons (Fsp3) is 0.429. The Bertz CT molecular complexity index is 581. The van der Waals surface area contributed by atoms with Crippen LogP contribution in [0.3, 0.4) is 0 Å². The predicted octanol–water partition coefficient (Wildman–Crippen LogP) is 1.85. The SMILES string of the molecule is CCOc1nc(N2CCN(c3nccs3)CC2)ccc1N. The molecule has 2 aromatic heterocycles. The number of anilines is 3. The van der Waals surface area contributed by atoms with E-state index >= 15 is 0 Å². The zero-order valence-electron chi connectivity index (χ0n) is 12.0. The highest BCUT2D eigenvalue weighted by atomic mass is 32.1. The van der Waals surface area contributed by atoms with Crippen LogP contribution in [0.25, 0.3) is 0 Å². The molecule has 21 heavy (non-hydrogen) atoms. The fourth-order valence-corrected chi connectivity index (χ4v) is 3.07. The molecule has 3 heterocycles. The first kappa shape index (κ1) is 13.9. The van der Waals surface area contributed by atoms with Crippen LogP contribution < -0.4 is 20.3 Å². The normalized spacial score (nSPS) is 15.3. The van der Waals surface area contributed by atoms with Crippen molar-refractivity contribution in [2.75, 3.05) is 48.3 Å². The number of pyridine rings is 1. The Hall–Kier alpha value is -2.02. The number of aromatic nitrogens is 2. The molecule has 7 heteroatoms. The molecule has 2 aromatic rings. The lowest BCUT2D eigenvalue weighted by Gasteiger charge is -2.35. The summed E-state index contributed by atoms with van der Waals surface area (Å²) < 4.78 is 5.47. The molecular weight excluding hydrogens is 286 g/mol. The fourth-order valence-electron chi connectivity index (χ4n) is 2.37. The molecule has 1 saturated heterocycles. The van der Waals surface area contributed by atoms with E-state index in [0.717, 1.165) is 37.1 Å². The van der Waals surface area contributed by atoms with E-state index in [9.17, 15) is 0 Å². The number of ether oxygens (including phenoxy) is 1. The summed E-state index contributed by atoms with van der Waals surface area (Å²) in [5.41, 5.74) is 6.46. The molecule has 3 rings (SSSR count). The van der Waals surface area contributed by atoms with E-state index in [1.165, 1.54) is 0 Å². The van der Waals surface area contributed by atoms with Crippen molar-refractivity contribution in [3.05, 3.63) is 23.7 Å². The van der Waals surface area contributed by atoms with Crippen LogP contribution in [0.4, 0.5) is 16.6 Å². The molecule has 0 aromatic carbocycles. The molecule has 0 amide bonds. The van der Waals surface area contributed by atoms with Crippen molar-refractivity contribution < 1.29 is 4.74 Å². The number of nitrogens with zero attached hydrogens (tertiary/aromatic N) is 4. The molecule has 112 valence electrons. The molecule has 0 unspecified atom stereocenters. The maximum atomic E-state index is 5.87. The topological polar surface area (TPSA) is 67.5 Å². The van der Waals surface area contributed by atoms with Gasteiger partial charge in [0.1, 0.15) is 5.82 Å². The zero-order valence-corrected chi connectivity index (χ0v) is 12.8. The summed E-state index contributed by atoms with van der Waals surface area (Å²) in [6, 6.07) is 3.82. The minimum atomic E-state index is 0.525. The van der Waals surface area contributed by atoms with E-state index in [2.05, 4.69) is 19.8 Å². The molecule has 0 spiro atoms. The summed E-state index contributed by atoms with van der Waals surface area (Å²) in [7, 11) is 0. The summed E-state index contributed by atoms with van der Waals surface area (Å²) >= 11 is 1.68. The largest absolute Gasteiger partial charge is 0.476 e. The lowest BCUT2D eigenvalue weighted by molar-refractivity contribution is 0.329. The van der Waals surface area contributed by atoms with Gasteiger partial charge in [-0.1, -0.05) is 0 Å². The lowest BCUT2D eigenvalue weighted by atomic mass is 10.3. The first-order valence-corrected chi connectivity index (χ1v) is 7.94. The molecule has 2 N–H and O–H groups in total. The van der Waals surface area contributed by atoms with Crippen LogP contribution in [0, 0.1) is 0 Å². The Morgan fingerprint density at radius 2 is 2.00 bits per heavy atom. The third-order valence-corrected chi connectivity index (χ3v) is 4.28. The summed E-state index contributed by atoms with van der Waals surface area (Å²) in [6.45, 7) is 6.23. The van der Waals surface area contributed by atoms with Crippen LogP contribution in [0.2, 0.25) is 0 Å². The minimum absolute atomic E-state index is 0.525. The first-order chi connectivity index (χ1) is 10.3. The van der Waals surface area contributed by atoms with Gasteiger partial charge in [0.2, 0.25) is 5.88 Å². The molecule has 0 saturated carbocycles. The summed E-state index contributed by atoms with van der Waals surface area (Å²) in [5, 5.41) is 3.10. The van der Waals surface area contributed by atoms with Crippen LogP contribution in [0.1, 0.15) is 6.92 Å². The van der Waals surface area contributed by atoms with Gasteiger partial charge < -0.3 is 20.3 Å². The average molecular weight is 305 g/mol. The Morgan fingerprint density at radius 3 is 2.67 bits per heavy atom. The first-order valence-electron chi connectivity index (χ1n) is 7.06. The molecule has 1 fully saturated rings. The van der Waals surface area contributed by atoms with Crippen molar-refractivity contribution in [1.29, 1.82) is 0 Å². The number of thiazole rings is 1. The Balaban J connectivity index is 1.68. The van der Waals surface area contributed by atoms with Crippen LogP contribution >= 0.6 is 11.3 Å². The molecule has 0 radical (unpaired) electrons. The third kappa shape index (κ3) is 3.02. The van der Waals surface area contributed by atoms with Gasteiger partial charge in [0.25, 0.3) is 0 Å². The maximum absolute atomic E-state index is 5.87. The lowest BCUT2D eigenvalue weighted by Crippen LogP contribution is -2.46. The smallest absolute Gasteiger partial charge is 0.239 e. The quantitative estimate of drug-likeness (QED) is 0.930. The van der Waals surface area contributed by atoms with Gasteiger partial charge in [-0.2, -0.15) is 4.98 Å². The second-order valence-electron chi connectivity index (χ2n) is 4.79. The van der Waals surface area contributed by atoms with Crippen molar-refractivity contribution in [3.8, 4) is 5.88 Å². The number of rotatable bonds is 4. The summed E-state index contributed by atoms with van der Waals surface area (Å²) in [6.07, 6.45) is 1.85. The van der Waals surface area contributed by atoms with Gasteiger partial charge in [-0.15, -0.1) is 11.3 Å². The van der Waals surface area contributed by atoms with Crippen molar-refractivity contribution in [1.82, 2.24) is 9.97 Å². The van der Waals surface area contributed by atoms with Crippen molar-refractivity contribution >= 4 is 28.0 Å². The van der Waals surface area contributed by atoms with E-state index in [4.69, 9.17) is 10.5 Å². The number of nitrogen functional groups attached to an aromatic ring is 1. The molecular formula is C14H19N5OS. The number of hydrogen-bond donors (Lipinski definition) is 1. The predicted molar refractivity (Wildman–Crippen MR) is 86.4 cm³/mol. The highest BCUT2D eigenvalue weighted by Crippen LogP contribution is 2.25. The van der Waals surface area contributed by atoms with E-state index in [1.54, 1.807) is 11.3 Å². The van der Waals surface area contributed by atoms with Gasteiger partial charge in [0.15, 0.2) is 5.13 Å². The summed E-state index contributed by atoms with van der Waals surface area (Å²) in [4.78, 5) is 13.4. The van der Waals surface area contributed by atoms with E-state index < -0.39 is 0 Å². The van der Waals surface area contributed by atoms with Gasteiger partial charge in [-0.3, -0.25) is 0 Å². The standard InChI is InChI=1S/C14H19N5OS/c1-2-20-13-11(15)3-4-12(17-13)18-6-8-19(9-7-18)14-16-5-10-21-14/h3-5,10H,2,6-9,15H2,1H3. The molecule has 0 bridgehead atoms. The number of nitrogens with two attached hydrogens (primary N) is 1. The highest BCUT2D eigenvalue weighted by Gasteiger charge is 2.20. The van der Waals surface area contributed by atoms with Crippen LogP contribution in [0.15, 0.2) is 23.7 Å². The van der Waals surface area contributed by atoms with Crippen molar-refractivity contribution in [3.63, 3.8) is 0 Å². The van der Waals surface area contributed by atoms with Crippen molar-refractivity contribution in [2.24, 2.45) is 0 Å². The highest BCUT2D eigenvalue weighted by molar-refractivity contribution is 7.13.